The molecule has 9 nitrogen and oxygen atoms in total. The molecule has 0 atom stereocenters. The summed E-state index contributed by atoms with van der Waals surface area (Å²) < 4.78 is 58.5. The van der Waals surface area contributed by atoms with Crippen molar-refractivity contribution in [2.45, 2.75) is 18.4 Å². The summed E-state index contributed by atoms with van der Waals surface area (Å²) in [7, 11) is -4.52. The van der Waals surface area contributed by atoms with E-state index in [1.807, 2.05) is 4.72 Å². The van der Waals surface area contributed by atoms with Gasteiger partial charge >= 0.3 is 0 Å². The standard InChI is InChI=1S/C29H21ClF2N4O5S/c1-16(37)34-20-4-2-5-21(14-20)42(40,41)35-29(39)27-26(22-6-3-11-33-28(22)38)23-12-18(30)8-10-25(23)36(27)15-17-7-9-19(31)13-24(17)32/h2-14H,15H2,1H3,(H,33,38)(H,34,37)(H,35,39). The van der Waals surface area contributed by atoms with Gasteiger partial charge in [-0.05, 0) is 54.6 Å². The molecule has 13 heteroatoms. The van der Waals surface area contributed by atoms with Crippen molar-refractivity contribution in [2.24, 2.45) is 0 Å². The topological polar surface area (TPSA) is 130 Å². The van der Waals surface area contributed by atoms with Gasteiger partial charge < -0.3 is 14.9 Å². The van der Waals surface area contributed by atoms with Crippen LogP contribution in [0.25, 0.3) is 22.0 Å². The first-order valence-electron chi connectivity index (χ1n) is 12.3. The van der Waals surface area contributed by atoms with Gasteiger partial charge in [0.25, 0.3) is 21.5 Å². The molecular weight excluding hydrogens is 590 g/mol. The minimum absolute atomic E-state index is 0.00307. The number of rotatable bonds is 7. The van der Waals surface area contributed by atoms with E-state index < -0.39 is 39.0 Å². The molecule has 0 aliphatic carbocycles. The fraction of sp³-hybridized carbons (Fsp3) is 0.0690. The first kappa shape index (κ1) is 28.7. The SMILES string of the molecule is CC(=O)Nc1cccc(S(=O)(=O)NC(=O)c2c(-c3ccc[nH]c3=O)c3cc(Cl)ccc3n2Cc2ccc(F)cc2F)c1. The van der Waals surface area contributed by atoms with Crippen LogP contribution in [0, 0.1) is 11.6 Å². The van der Waals surface area contributed by atoms with Gasteiger partial charge in [0.1, 0.15) is 17.3 Å². The van der Waals surface area contributed by atoms with E-state index in [0.717, 1.165) is 6.07 Å². The molecule has 2 amide bonds. The van der Waals surface area contributed by atoms with Crippen molar-refractivity contribution >= 4 is 50.0 Å². The number of anilines is 1. The summed E-state index contributed by atoms with van der Waals surface area (Å²) in [6.45, 7) is 0.931. The zero-order valence-electron chi connectivity index (χ0n) is 21.7. The van der Waals surface area contributed by atoms with Crippen molar-refractivity contribution in [1.29, 1.82) is 0 Å². The van der Waals surface area contributed by atoms with Crippen molar-refractivity contribution in [3.63, 3.8) is 0 Å². The molecule has 0 saturated heterocycles. The number of H-pyrrole nitrogens is 1. The highest BCUT2D eigenvalue weighted by atomic mass is 35.5. The van der Waals surface area contributed by atoms with Crippen LogP contribution in [-0.2, 0) is 21.4 Å². The number of aromatic nitrogens is 2. The van der Waals surface area contributed by atoms with Crippen molar-refractivity contribution in [1.82, 2.24) is 14.3 Å². The van der Waals surface area contributed by atoms with Crippen LogP contribution in [-0.4, -0.2) is 29.8 Å². The normalized spacial score (nSPS) is 11.4. The molecule has 2 aromatic heterocycles. The van der Waals surface area contributed by atoms with Gasteiger partial charge in [0, 0.05) is 57.5 Å². The van der Waals surface area contributed by atoms with Crippen LogP contribution in [0.3, 0.4) is 0 Å². The molecule has 0 radical (unpaired) electrons. The van der Waals surface area contributed by atoms with E-state index >= 15 is 0 Å². The van der Waals surface area contributed by atoms with Gasteiger partial charge in [0.2, 0.25) is 5.91 Å². The molecule has 214 valence electrons. The number of carbonyl (C=O) groups is 2. The first-order valence-corrected chi connectivity index (χ1v) is 14.2. The summed E-state index contributed by atoms with van der Waals surface area (Å²) >= 11 is 6.28. The molecule has 0 aliphatic heterocycles. The third-order valence-corrected chi connectivity index (χ3v) is 7.93. The maximum absolute atomic E-state index is 14.8. The number of hydrogen-bond acceptors (Lipinski definition) is 5. The molecule has 3 N–H and O–H groups in total. The maximum Gasteiger partial charge on any atom is 0.282 e. The average Bonchev–Trinajstić information content (AvgIpc) is 3.23. The highest BCUT2D eigenvalue weighted by molar-refractivity contribution is 7.90. The van der Waals surface area contributed by atoms with Crippen LogP contribution in [0.5, 0.6) is 0 Å². The lowest BCUT2D eigenvalue weighted by Crippen LogP contribution is -2.33. The second-order valence-corrected chi connectivity index (χ2v) is 11.4. The summed E-state index contributed by atoms with van der Waals surface area (Å²) in [5, 5.41) is 3.05. The number of sulfonamides is 1. The quantitative estimate of drug-likeness (QED) is 0.237. The third kappa shape index (κ3) is 5.67. The van der Waals surface area contributed by atoms with Gasteiger partial charge in [-0.25, -0.2) is 21.9 Å². The molecule has 0 bridgehead atoms. The predicted octanol–water partition coefficient (Wildman–Crippen LogP) is 5.05. The minimum atomic E-state index is -4.52. The number of fused-ring (bicyclic) bond motifs is 1. The number of benzene rings is 3. The van der Waals surface area contributed by atoms with Crippen molar-refractivity contribution in [3.8, 4) is 11.1 Å². The van der Waals surface area contributed by atoms with Gasteiger partial charge in [-0.1, -0.05) is 23.7 Å². The monoisotopic (exact) mass is 610 g/mol. The van der Waals surface area contributed by atoms with Crippen molar-refractivity contribution in [3.05, 3.63) is 117 Å². The second kappa shape index (κ2) is 11.2. The molecule has 0 unspecified atom stereocenters. The van der Waals surface area contributed by atoms with Gasteiger partial charge in [-0.3, -0.25) is 14.4 Å². The highest BCUT2D eigenvalue weighted by Gasteiger charge is 2.29. The molecule has 0 saturated carbocycles. The lowest BCUT2D eigenvalue weighted by atomic mass is 10.0. The van der Waals surface area contributed by atoms with Crippen LogP contribution in [0.1, 0.15) is 23.0 Å². The maximum atomic E-state index is 14.8. The molecule has 3 aromatic carbocycles. The molecular formula is C29H21ClF2N4O5S. The Bertz CT molecular complexity index is 2060. The van der Waals surface area contributed by atoms with E-state index in [-0.39, 0.29) is 44.5 Å². The summed E-state index contributed by atoms with van der Waals surface area (Å²) in [6.07, 6.45) is 1.39. The number of aromatic amines is 1. The van der Waals surface area contributed by atoms with Crippen LogP contribution in [0.4, 0.5) is 14.5 Å². The predicted molar refractivity (Wildman–Crippen MR) is 154 cm³/mol. The van der Waals surface area contributed by atoms with Crippen LogP contribution < -0.4 is 15.6 Å². The number of hydrogen-bond donors (Lipinski definition) is 3. The molecule has 42 heavy (non-hydrogen) atoms. The van der Waals surface area contributed by atoms with E-state index in [0.29, 0.717) is 17.0 Å². The lowest BCUT2D eigenvalue weighted by Gasteiger charge is -2.14. The zero-order valence-corrected chi connectivity index (χ0v) is 23.3. The number of nitrogens with one attached hydrogen (secondary N) is 3. The van der Waals surface area contributed by atoms with Gasteiger partial charge in [-0.2, -0.15) is 0 Å². The van der Waals surface area contributed by atoms with E-state index in [4.69, 9.17) is 11.6 Å². The molecule has 0 aliphatic rings. The number of halogens is 3. The zero-order chi connectivity index (χ0) is 30.2. The summed E-state index contributed by atoms with van der Waals surface area (Å²) in [4.78, 5) is 40.5. The van der Waals surface area contributed by atoms with Crippen molar-refractivity contribution < 1.29 is 26.8 Å². The van der Waals surface area contributed by atoms with E-state index in [2.05, 4.69) is 10.3 Å². The summed E-state index contributed by atoms with van der Waals surface area (Å²) in [5.41, 5.74) is -0.272. The van der Waals surface area contributed by atoms with Crippen LogP contribution in [0.2, 0.25) is 5.02 Å². The van der Waals surface area contributed by atoms with Crippen molar-refractivity contribution in [2.75, 3.05) is 5.32 Å². The molecule has 5 rings (SSSR count). The average molecular weight is 611 g/mol. The Morgan fingerprint density at radius 2 is 1.79 bits per heavy atom. The third-order valence-electron chi connectivity index (χ3n) is 6.36. The molecule has 0 spiro atoms. The number of amides is 2. The lowest BCUT2D eigenvalue weighted by molar-refractivity contribution is -0.114. The summed E-state index contributed by atoms with van der Waals surface area (Å²) in [6, 6.07) is 15.7. The fourth-order valence-corrected chi connectivity index (χ4v) is 5.78. The Morgan fingerprint density at radius 3 is 2.50 bits per heavy atom. The summed E-state index contributed by atoms with van der Waals surface area (Å²) in [5.74, 6) is -3.25. The molecule has 2 heterocycles. The van der Waals surface area contributed by atoms with E-state index in [1.165, 1.54) is 72.3 Å². The van der Waals surface area contributed by atoms with Gasteiger partial charge in [-0.15, -0.1) is 0 Å². The van der Waals surface area contributed by atoms with Crippen LogP contribution >= 0.6 is 11.6 Å². The second-order valence-electron chi connectivity index (χ2n) is 9.26. The number of carbonyl (C=O) groups excluding carboxylic acids is 2. The van der Waals surface area contributed by atoms with E-state index in [1.54, 1.807) is 6.07 Å². The van der Waals surface area contributed by atoms with Gasteiger partial charge in [0.15, 0.2) is 0 Å². The first-order chi connectivity index (χ1) is 19.9. The number of pyridine rings is 1. The van der Waals surface area contributed by atoms with Gasteiger partial charge in [0.05, 0.1) is 11.4 Å². The number of nitrogens with zero attached hydrogens (tertiary/aromatic N) is 1. The van der Waals surface area contributed by atoms with E-state index in [9.17, 15) is 31.6 Å². The Morgan fingerprint density at radius 1 is 1.00 bits per heavy atom. The Labute approximate surface area is 242 Å². The molecule has 0 fully saturated rings. The smallest absolute Gasteiger partial charge is 0.282 e. The Kier molecular flexibility index (Phi) is 7.67. The largest absolute Gasteiger partial charge is 0.331 e. The minimum Gasteiger partial charge on any atom is -0.331 e. The fourth-order valence-electron chi connectivity index (χ4n) is 4.61. The Balaban J connectivity index is 1.72. The molecule has 5 aromatic rings. The Hall–Kier alpha value is -4.81. The van der Waals surface area contributed by atoms with Crippen LogP contribution in [0.15, 0.2) is 88.7 Å². The highest BCUT2D eigenvalue weighted by Crippen LogP contribution is 2.36.